The highest BCUT2D eigenvalue weighted by atomic mass is 16.4. The number of carboxylic acids is 1. The zero-order valence-corrected chi connectivity index (χ0v) is 12.1. The van der Waals surface area contributed by atoms with E-state index in [0.29, 0.717) is 19.0 Å². The summed E-state index contributed by atoms with van der Waals surface area (Å²) >= 11 is 0. The first kappa shape index (κ1) is 14.9. The van der Waals surface area contributed by atoms with E-state index in [4.69, 9.17) is 5.11 Å². The van der Waals surface area contributed by atoms with Gasteiger partial charge in [0.05, 0.1) is 17.7 Å². The number of hydrogen-bond donors (Lipinski definition) is 2. The molecule has 0 aromatic carbocycles. The molecule has 2 N–H and O–H groups in total. The highest BCUT2D eigenvalue weighted by Crippen LogP contribution is 2.06. The molecular weight excluding hydrogens is 272 g/mol. The van der Waals surface area contributed by atoms with Gasteiger partial charge in [0, 0.05) is 19.3 Å². The van der Waals surface area contributed by atoms with Crippen LogP contribution in [-0.2, 0) is 19.4 Å². The lowest BCUT2D eigenvalue weighted by molar-refractivity contribution is 0.0691. The summed E-state index contributed by atoms with van der Waals surface area (Å²) in [4.78, 5) is 18.9. The Morgan fingerprint density at radius 2 is 2.05 bits per heavy atom. The molecule has 2 aromatic heterocycles. The molecule has 2 aromatic rings. The number of aromatic carboxylic acids is 1. The van der Waals surface area contributed by atoms with Gasteiger partial charge in [0.2, 0.25) is 5.95 Å². The summed E-state index contributed by atoms with van der Waals surface area (Å²) in [6.45, 7) is 5.19. The second kappa shape index (κ2) is 6.78. The van der Waals surface area contributed by atoms with Gasteiger partial charge in [-0.3, -0.25) is 0 Å². The number of anilines is 1. The Balaban J connectivity index is 1.92. The first-order valence-electron chi connectivity index (χ1n) is 6.85. The number of nitrogens with zero attached hydrogens (tertiary/aromatic N) is 5. The van der Waals surface area contributed by atoms with Crippen LogP contribution in [0.4, 0.5) is 5.95 Å². The normalized spacial score (nSPS) is 10.6. The third kappa shape index (κ3) is 3.74. The van der Waals surface area contributed by atoms with Crippen molar-refractivity contribution in [2.24, 2.45) is 0 Å². The van der Waals surface area contributed by atoms with Crippen molar-refractivity contribution in [2.75, 3.05) is 11.9 Å². The van der Waals surface area contributed by atoms with Crippen LogP contribution in [0.5, 0.6) is 0 Å². The molecule has 0 saturated heterocycles. The quantitative estimate of drug-likeness (QED) is 0.783. The van der Waals surface area contributed by atoms with Crippen molar-refractivity contribution < 1.29 is 9.90 Å². The predicted molar refractivity (Wildman–Crippen MR) is 76.3 cm³/mol. The van der Waals surface area contributed by atoms with Crippen LogP contribution in [0.15, 0.2) is 12.5 Å². The molecule has 0 amide bonds. The Morgan fingerprint density at radius 1 is 1.29 bits per heavy atom. The number of imidazole rings is 1. The van der Waals surface area contributed by atoms with E-state index in [2.05, 4.69) is 25.5 Å². The first-order chi connectivity index (χ1) is 10.1. The van der Waals surface area contributed by atoms with Crippen molar-refractivity contribution in [3.05, 3.63) is 29.6 Å². The third-order valence-electron chi connectivity index (χ3n) is 3.01. The molecule has 0 aliphatic heterocycles. The van der Waals surface area contributed by atoms with Gasteiger partial charge in [0.15, 0.2) is 5.69 Å². The summed E-state index contributed by atoms with van der Waals surface area (Å²) in [6.07, 6.45) is 4.61. The minimum Gasteiger partial charge on any atom is -0.476 e. The SMILES string of the molecule is CCc1nnc(NCCn2cnc(C(=O)O)c2)nc1CC. The lowest BCUT2D eigenvalue weighted by Gasteiger charge is -2.08. The van der Waals surface area contributed by atoms with E-state index in [0.717, 1.165) is 24.2 Å². The molecule has 0 unspecified atom stereocenters. The highest BCUT2D eigenvalue weighted by Gasteiger charge is 2.07. The third-order valence-corrected chi connectivity index (χ3v) is 3.01. The van der Waals surface area contributed by atoms with Crippen molar-refractivity contribution in [3.63, 3.8) is 0 Å². The zero-order chi connectivity index (χ0) is 15.2. The van der Waals surface area contributed by atoms with Crippen LogP contribution >= 0.6 is 0 Å². The minimum atomic E-state index is -1.03. The van der Waals surface area contributed by atoms with Crippen LogP contribution in [0.3, 0.4) is 0 Å². The molecule has 8 heteroatoms. The Labute approximate surface area is 122 Å². The second-order valence-corrected chi connectivity index (χ2v) is 4.46. The van der Waals surface area contributed by atoms with Gasteiger partial charge in [0.1, 0.15) is 0 Å². The average molecular weight is 290 g/mol. The van der Waals surface area contributed by atoms with Gasteiger partial charge in [-0.2, -0.15) is 5.10 Å². The van der Waals surface area contributed by atoms with Crippen molar-refractivity contribution in [2.45, 2.75) is 33.2 Å². The van der Waals surface area contributed by atoms with Crippen molar-refractivity contribution in [1.82, 2.24) is 24.7 Å². The van der Waals surface area contributed by atoms with E-state index in [-0.39, 0.29) is 5.69 Å². The fourth-order valence-electron chi connectivity index (χ4n) is 1.90. The molecule has 0 aliphatic carbocycles. The standard InChI is InChI=1S/C13H18N6O2/c1-3-9-10(4-2)17-18-13(16-9)14-5-6-19-7-11(12(20)21)15-8-19/h7-8H,3-6H2,1-2H3,(H,20,21)(H,14,16,18). The molecular formula is C13H18N6O2. The number of rotatable bonds is 7. The van der Waals surface area contributed by atoms with E-state index in [1.165, 1.54) is 12.5 Å². The maximum Gasteiger partial charge on any atom is 0.356 e. The number of hydrogen-bond acceptors (Lipinski definition) is 6. The Morgan fingerprint density at radius 3 is 2.67 bits per heavy atom. The lowest BCUT2D eigenvalue weighted by atomic mass is 10.2. The molecule has 0 fully saturated rings. The minimum absolute atomic E-state index is 0.0356. The number of carbonyl (C=O) groups is 1. The van der Waals surface area contributed by atoms with Crippen LogP contribution in [0.2, 0.25) is 0 Å². The van der Waals surface area contributed by atoms with Gasteiger partial charge in [0.25, 0.3) is 0 Å². The van der Waals surface area contributed by atoms with Gasteiger partial charge in [-0.1, -0.05) is 13.8 Å². The molecule has 112 valence electrons. The molecule has 0 aliphatic rings. The van der Waals surface area contributed by atoms with Crippen LogP contribution in [-0.4, -0.2) is 42.4 Å². The van der Waals surface area contributed by atoms with E-state index in [9.17, 15) is 4.79 Å². The monoisotopic (exact) mass is 290 g/mol. The van der Waals surface area contributed by atoms with Crippen LogP contribution in [0.25, 0.3) is 0 Å². The topological polar surface area (TPSA) is 106 Å². The van der Waals surface area contributed by atoms with Crippen molar-refractivity contribution >= 4 is 11.9 Å². The van der Waals surface area contributed by atoms with Gasteiger partial charge in [-0.25, -0.2) is 14.8 Å². The van der Waals surface area contributed by atoms with Crippen molar-refractivity contribution in [3.8, 4) is 0 Å². The summed E-state index contributed by atoms with van der Waals surface area (Å²) in [6, 6.07) is 0. The molecule has 0 saturated carbocycles. The molecule has 0 bridgehead atoms. The molecule has 8 nitrogen and oxygen atoms in total. The van der Waals surface area contributed by atoms with E-state index < -0.39 is 5.97 Å². The highest BCUT2D eigenvalue weighted by molar-refractivity contribution is 5.84. The molecule has 21 heavy (non-hydrogen) atoms. The number of aromatic nitrogens is 5. The van der Waals surface area contributed by atoms with E-state index in [1.54, 1.807) is 4.57 Å². The number of aryl methyl sites for hydroxylation is 2. The van der Waals surface area contributed by atoms with Crippen LogP contribution < -0.4 is 5.32 Å². The molecule has 2 heterocycles. The maximum atomic E-state index is 10.7. The van der Waals surface area contributed by atoms with Gasteiger partial charge >= 0.3 is 5.97 Å². The van der Waals surface area contributed by atoms with Crippen LogP contribution in [0.1, 0.15) is 35.7 Å². The summed E-state index contributed by atoms with van der Waals surface area (Å²) < 4.78 is 1.70. The van der Waals surface area contributed by atoms with E-state index >= 15 is 0 Å². The average Bonchev–Trinajstić information content (AvgIpc) is 2.96. The zero-order valence-electron chi connectivity index (χ0n) is 12.1. The van der Waals surface area contributed by atoms with Crippen molar-refractivity contribution in [1.29, 1.82) is 0 Å². The second-order valence-electron chi connectivity index (χ2n) is 4.46. The van der Waals surface area contributed by atoms with E-state index in [1.807, 2.05) is 13.8 Å². The number of carboxylic acid groups (broad SMARTS) is 1. The summed E-state index contributed by atoms with van der Waals surface area (Å²) in [5.74, 6) is -0.542. The molecule has 0 spiro atoms. The van der Waals surface area contributed by atoms with Crippen LogP contribution in [0, 0.1) is 0 Å². The fraction of sp³-hybridized carbons (Fsp3) is 0.462. The Kier molecular flexibility index (Phi) is 4.81. The largest absolute Gasteiger partial charge is 0.476 e. The fourth-order valence-corrected chi connectivity index (χ4v) is 1.90. The molecule has 2 rings (SSSR count). The molecule has 0 radical (unpaired) electrons. The van der Waals surface area contributed by atoms with Gasteiger partial charge < -0.3 is 15.0 Å². The van der Waals surface area contributed by atoms with Gasteiger partial charge in [-0.05, 0) is 12.8 Å². The molecule has 0 atom stereocenters. The Bertz CT molecular complexity index is 625. The predicted octanol–water partition coefficient (Wildman–Crippen LogP) is 1.00. The smallest absolute Gasteiger partial charge is 0.356 e. The summed E-state index contributed by atoms with van der Waals surface area (Å²) in [5.41, 5.74) is 1.91. The lowest BCUT2D eigenvalue weighted by Crippen LogP contribution is -2.14. The summed E-state index contributed by atoms with van der Waals surface area (Å²) in [7, 11) is 0. The van der Waals surface area contributed by atoms with Gasteiger partial charge in [-0.15, -0.1) is 5.10 Å². The summed E-state index contributed by atoms with van der Waals surface area (Å²) in [5, 5.41) is 20.0. The Hall–Kier alpha value is -2.51. The maximum absolute atomic E-state index is 10.7. The number of nitrogens with one attached hydrogen (secondary N) is 1. The first-order valence-corrected chi connectivity index (χ1v) is 6.85.